The van der Waals surface area contributed by atoms with E-state index in [-0.39, 0.29) is 0 Å². The molecule has 1 N–H and O–H groups in total. The van der Waals surface area contributed by atoms with Crippen LogP contribution in [0.15, 0.2) is 18.2 Å². The lowest BCUT2D eigenvalue weighted by Gasteiger charge is -2.12. The fraction of sp³-hybridized carbons (Fsp3) is 0.571. The van der Waals surface area contributed by atoms with E-state index in [1.165, 1.54) is 11.1 Å². The average Bonchev–Trinajstić information content (AvgIpc) is 2.28. The number of ether oxygens (including phenoxy) is 1. The van der Waals surface area contributed by atoms with Gasteiger partial charge >= 0.3 is 0 Å². The number of hydrogen-bond acceptors (Lipinski definition) is 2. The Bertz CT molecular complexity index is 321. The van der Waals surface area contributed by atoms with Gasteiger partial charge in [-0.3, -0.25) is 0 Å². The van der Waals surface area contributed by atoms with Gasteiger partial charge in [0.15, 0.2) is 0 Å². The van der Waals surface area contributed by atoms with Crippen molar-refractivity contribution in [3.63, 3.8) is 0 Å². The molecule has 2 heteroatoms. The fourth-order valence-corrected chi connectivity index (χ4v) is 1.74. The molecule has 0 saturated heterocycles. The molecule has 0 aromatic heterocycles. The highest BCUT2D eigenvalue weighted by molar-refractivity contribution is 5.37. The van der Waals surface area contributed by atoms with Crippen molar-refractivity contribution >= 4 is 0 Å². The van der Waals surface area contributed by atoms with Crippen LogP contribution in [0.1, 0.15) is 31.9 Å². The lowest BCUT2D eigenvalue weighted by molar-refractivity contribution is 0.408. The average molecular weight is 221 g/mol. The smallest absolute Gasteiger partial charge is 0.122 e. The van der Waals surface area contributed by atoms with E-state index in [9.17, 15) is 0 Å². The van der Waals surface area contributed by atoms with Gasteiger partial charge in [-0.05, 0) is 36.6 Å². The highest BCUT2D eigenvalue weighted by atomic mass is 16.5. The molecule has 1 aromatic carbocycles. The molecule has 1 aromatic rings. The SMILES string of the molecule is CCc1ccc(OC)c(CCNC(C)C)c1. The third kappa shape index (κ3) is 3.86. The van der Waals surface area contributed by atoms with E-state index in [2.05, 4.69) is 44.3 Å². The van der Waals surface area contributed by atoms with Gasteiger partial charge in [0.05, 0.1) is 7.11 Å². The second-order valence-electron chi connectivity index (χ2n) is 4.36. The number of nitrogens with one attached hydrogen (secondary N) is 1. The summed E-state index contributed by atoms with van der Waals surface area (Å²) in [4.78, 5) is 0. The minimum absolute atomic E-state index is 0.542. The molecule has 1 rings (SSSR count). The Morgan fingerprint density at radius 1 is 1.31 bits per heavy atom. The summed E-state index contributed by atoms with van der Waals surface area (Å²) in [6, 6.07) is 7.00. The van der Waals surface area contributed by atoms with Crippen molar-refractivity contribution in [3.8, 4) is 5.75 Å². The summed E-state index contributed by atoms with van der Waals surface area (Å²) in [5.41, 5.74) is 2.68. The Hall–Kier alpha value is -1.02. The first-order valence-electron chi connectivity index (χ1n) is 6.06. The molecule has 0 heterocycles. The highest BCUT2D eigenvalue weighted by Gasteiger charge is 2.04. The molecule has 0 aliphatic carbocycles. The van der Waals surface area contributed by atoms with Gasteiger partial charge in [0.1, 0.15) is 5.75 Å². The first-order valence-corrected chi connectivity index (χ1v) is 6.06. The standard InChI is InChI=1S/C14H23NO/c1-5-12-6-7-14(16-4)13(10-12)8-9-15-11(2)3/h6-7,10-11,15H,5,8-9H2,1-4H3. The molecule has 0 amide bonds. The van der Waals surface area contributed by atoms with Crippen molar-refractivity contribution in [1.82, 2.24) is 5.32 Å². The van der Waals surface area contributed by atoms with E-state index < -0.39 is 0 Å². The number of methoxy groups -OCH3 is 1. The summed E-state index contributed by atoms with van der Waals surface area (Å²) in [6.07, 6.45) is 2.10. The van der Waals surface area contributed by atoms with Crippen molar-refractivity contribution < 1.29 is 4.74 Å². The Morgan fingerprint density at radius 2 is 2.06 bits per heavy atom. The van der Waals surface area contributed by atoms with Crippen LogP contribution >= 0.6 is 0 Å². The van der Waals surface area contributed by atoms with Crippen LogP contribution in [0.25, 0.3) is 0 Å². The molecule has 0 unspecified atom stereocenters. The maximum Gasteiger partial charge on any atom is 0.122 e. The molecular formula is C14H23NO. The summed E-state index contributed by atoms with van der Waals surface area (Å²) in [6.45, 7) is 7.51. The van der Waals surface area contributed by atoms with Crippen LogP contribution in [0.2, 0.25) is 0 Å². The van der Waals surface area contributed by atoms with Gasteiger partial charge in [0, 0.05) is 6.04 Å². The van der Waals surface area contributed by atoms with Crippen molar-refractivity contribution in [3.05, 3.63) is 29.3 Å². The summed E-state index contributed by atoms with van der Waals surface area (Å²) in [7, 11) is 1.74. The summed E-state index contributed by atoms with van der Waals surface area (Å²) in [5, 5.41) is 3.43. The van der Waals surface area contributed by atoms with E-state index in [0.717, 1.165) is 25.1 Å². The number of rotatable bonds is 6. The molecule has 0 spiro atoms. The van der Waals surface area contributed by atoms with E-state index in [0.29, 0.717) is 6.04 Å². The lowest BCUT2D eigenvalue weighted by atomic mass is 10.1. The van der Waals surface area contributed by atoms with Crippen LogP contribution in [-0.4, -0.2) is 19.7 Å². The lowest BCUT2D eigenvalue weighted by Crippen LogP contribution is -2.25. The Balaban J connectivity index is 2.67. The summed E-state index contributed by atoms with van der Waals surface area (Å²) in [5.74, 6) is 1.00. The number of aryl methyl sites for hydroxylation is 1. The van der Waals surface area contributed by atoms with Gasteiger partial charge in [0.2, 0.25) is 0 Å². The van der Waals surface area contributed by atoms with Crippen molar-refractivity contribution in [2.24, 2.45) is 0 Å². The van der Waals surface area contributed by atoms with Crippen LogP contribution in [0.5, 0.6) is 5.75 Å². The molecule has 16 heavy (non-hydrogen) atoms. The van der Waals surface area contributed by atoms with Gasteiger partial charge < -0.3 is 10.1 Å². The normalized spacial score (nSPS) is 10.8. The molecule has 0 bridgehead atoms. The zero-order valence-electron chi connectivity index (χ0n) is 10.8. The maximum absolute atomic E-state index is 5.37. The minimum atomic E-state index is 0.542. The third-order valence-electron chi connectivity index (χ3n) is 2.70. The maximum atomic E-state index is 5.37. The Labute approximate surface area is 99.0 Å². The van der Waals surface area contributed by atoms with Crippen LogP contribution in [-0.2, 0) is 12.8 Å². The van der Waals surface area contributed by atoms with E-state index >= 15 is 0 Å². The van der Waals surface area contributed by atoms with E-state index in [1.54, 1.807) is 7.11 Å². The van der Waals surface area contributed by atoms with Crippen molar-refractivity contribution in [1.29, 1.82) is 0 Å². The molecule has 0 fully saturated rings. The molecule has 0 saturated carbocycles. The number of benzene rings is 1. The molecular weight excluding hydrogens is 198 g/mol. The van der Waals surface area contributed by atoms with Crippen LogP contribution in [0.4, 0.5) is 0 Å². The molecule has 0 aliphatic heterocycles. The zero-order chi connectivity index (χ0) is 12.0. The van der Waals surface area contributed by atoms with Crippen LogP contribution in [0, 0.1) is 0 Å². The van der Waals surface area contributed by atoms with E-state index in [4.69, 9.17) is 4.74 Å². The number of hydrogen-bond donors (Lipinski definition) is 1. The molecule has 90 valence electrons. The topological polar surface area (TPSA) is 21.3 Å². The Kier molecular flexibility index (Phi) is 5.33. The van der Waals surface area contributed by atoms with Gasteiger partial charge in [0.25, 0.3) is 0 Å². The van der Waals surface area contributed by atoms with Crippen molar-refractivity contribution in [2.75, 3.05) is 13.7 Å². The fourth-order valence-electron chi connectivity index (χ4n) is 1.74. The van der Waals surface area contributed by atoms with Crippen LogP contribution in [0.3, 0.4) is 0 Å². The molecule has 0 aliphatic rings. The monoisotopic (exact) mass is 221 g/mol. The van der Waals surface area contributed by atoms with Gasteiger partial charge in [-0.1, -0.05) is 32.9 Å². The predicted molar refractivity (Wildman–Crippen MR) is 69.2 cm³/mol. The van der Waals surface area contributed by atoms with Gasteiger partial charge in [-0.25, -0.2) is 0 Å². The summed E-state index contributed by atoms with van der Waals surface area (Å²) >= 11 is 0. The second kappa shape index (κ2) is 6.54. The van der Waals surface area contributed by atoms with Crippen molar-refractivity contribution in [2.45, 2.75) is 39.7 Å². The summed E-state index contributed by atoms with van der Waals surface area (Å²) < 4.78 is 5.37. The highest BCUT2D eigenvalue weighted by Crippen LogP contribution is 2.20. The van der Waals surface area contributed by atoms with Gasteiger partial charge in [-0.15, -0.1) is 0 Å². The minimum Gasteiger partial charge on any atom is -0.496 e. The predicted octanol–water partition coefficient (Wildman–Crippen LogP) is 2.80. The molecule has 2 nitrogen and oxygen atoms in total. The first kappa shape index (κ1) is 13.0. The first-order chi connectivity index (χ1) is 7.67. The van der Waals surface area contributed by atoms with E-state index in [1.807, 2.05) is 0 Å². The quantitative estimate of drug-likeness (QED) is 0.797. The second-order valence-corrected chi connectivity index (χ2v) is 4.36. The Morgan fingerprint density at radius 3 is 2.62 bits per heavy atom. The molecule has 0 radical (unpaired) electrons. The zero-order valence-corrected chi connectivity index (χ0v) is 10.8. The largest absolute Gasteiger partial charge is 0.496 e. The third-order valence-corrected chi connectivity index (χ3v) is 2.70. The van der Waals surface area contributed by atoms with Gasteiger partial charge in [-0.2, -0.15) is 0 Å². The van der Waals surface area contributed by atoms with Crippen LogP contribution < -0.4 is 10.1 Å². The molecule has 0 atom stereocenters.